The molecule has 0 aliphatic carbocycles. The second-order valence-corrected chi connectivity index (χ2v) is 9.27. The molecule has 5 aromatic heterocycles. The molecule has 35 heavy (non-hydrogen) atoms. The maximum Gasteiger partial charge on any atom is 0.212 e. The topological polar surface area (TPSA) is 108 Å². The van der Waals surface area contributed by atoms with Gasteiger partial charge in [-0.1, -0.05) is 6.07 Å². The van der Waals surface area contributed by atoms with Crippen LogP contribution in [-0.4, -0.2) is 72.1 Å². The van der Waals surface area contributed by atoms with Gasteiger partial charge in [0, 0.05) is 61.3 Å². The molecule has 3 aliphatic rings. The lowest BCUT2D eigenvalue weighted by Gasteiger charge is -2.56. The van der Waals surface area contributed by atoms with Crippen molar-refractivity contribution < 1.29 is 9.84 Å². The van der Waals surface area contributed by atoms with Crippen LogP contribution in [0.1, 0.15) is 12.0 Å². The monoisotopic (exact) mass is 468 g/mol. The van der Waals surface area contributed by atoms with Crippen LogP contribution in [0.25, 0.3) is 27.7 Å². The van der Waals surface area contributed by atoms with E-state index in [-0.39, 0.29) is 5.75 Å². The average molecular weight is 469 g/mol. The van der Waals surface area contributed by atoms with Gasteiger partial charge in [-0.2, -0.15) is 5.10 Å². The van der Waals surface area contributed by atoms with Crippen molar-refractivity contribution in [3.8, 4) is 22.8 Å². The van der Waals surface area contributed by atoms with Crippen LogP contribution in [0.3, 0.4) is 0 Å². The van der Waals surface area contributed by atoms with Crippen molar-refractivity contribution in [2.45, 2.75) is 25.0 Å². The number of nitrogens with one attached hydrogen (secondary N) is 1. The number of anilines is 1. The van der Waals surface area contributed by atoms with Crippen molar-refractivity contribution >= 4 is 22.4 Å². The molecular weight excluding hydrogens is 444 g/mol. The van der Waals surface area contributed by atoms with Crippen molar-refractivity contribution in [1.82, 2.24) is 34.7 Å². The fourth-order valence-electron chi connectivity index (χ4n) is 5.47. The van der Waals surface area contributed by atoms with Gasteiger partial charge in [-0.05, 0) is 30.2 Å². The Labute approximate surface area is 200 Å². The lowest BCUT2D eigenvalue weighted by molar-refractivity contribution is -0.00876. The molecule has 8 rings (SSSR count). The number of hydrogen-bond acceptors (Lipinski definition) is 8. The molecular formula is C25H24N8O2. The van der Waals surface area contributed by atoms with E-state index in [0.717, 1.165) is 47.5 Å². The Morgan fingerprint density at radius 1 is 1.09 bits per heavy atom. The van der Waals surface area contributed by atoms with Crippen molar-refractivity contribution in [3.05, 3.63) is 60.7 Å². The standard InChI is InChI=1S/C25H24N8O2/c1-35-23-5-2-15(8-27-23)11-32-17-6-18(32)13-31(12-17)22-4-3-16(9-26-22)20-7-19(34)14-33-24(20)21-10-28-29-25(21)30-33/h2-5,7-10,14,17-18,34H,6,11-13H2,1H3,(H,29,30). The number of aromatic hydroxyl groups is 1. The number of aromatic amines is 1. The van der Waals surface area contributed by atoms with Crippen LogP contribution in [0, 0.1) is 0 Å². The summed E-state index contributed by atoms with van der Waals surface area (Å²) in [5, 5.41) is 22.6. The lowest BCUT2D eigenvalue weighted by Crippen LogP contribution is -2.68. The minimum Gasteiger partial charge on any atom is -0.506 e. The van der Waals surface area contributed by atoms with Crippen molar-refractivity contribution in [2.75, 3.05) is 25.1 Å². The number of piperidine rings is 1. The number of fused-ring (bicyclic) bond motifs is 5. The molecule has 10 heteroatoms. The Balaban J connectivity index is 1.10. The number of H-pyrrole nitrogens is 1. The number of nitrogens with zero attached hydrogens (tertiary/aromatic N) is 7. The van der Waals surface area contributed by atoms with Crippen LogP contribution in [-0.2, 0) is 6.54 Å². The zero-order chi connectivity index (χ0) is 23.5. The summed E-state index contributed by atoms with van der Waals surface area (Å²) in [4.78, 5) is 14.1. The first-order chi connectivity index (χ1) is 17.2. The van der Waals surface area contributed by atoms with Crippen LogP contribution in [0.15, 0.2) is 55.1 Å². The SMILES string of the molecule is COc1ccc(CN2C3CC2CN(c2ccc(-c4cc(O)cn5nc6[nH]ncc6c45)cn2)C3)cn1. The molecule has 176 valence electrons. The highest BCUT2D eigenvalue weighted by Gasteiger charge is 2.44. The van der Waals surface area contributed by atoms with E-state index in [0.29, 0.717) is 23.6 Å². The van der Waals surface area contributed by atoms with E-state index >= 15 is 0 Å². The fraction of sp³-hybridized carbons (Fsp3) is 0.280. The van der Waals surface area contributed by atoms with E-state index in [1.54, 1.807) is 30.1 Å². The summed E-state index contributed by atoms with van der Waals surface area (Å²) >= 11 is 0. The number of methoxy groups -OCH3 is 1. The molecule has 0 saturated carbocycles. The Morgan fingerprint density at radius 3 is 2.71 bits per heavy atom. The number of piperazine rings is 1. The van der Waals surface area contributed by atoms with Gasteiger partial charge < -0.3 is 14.7 Å². The number of rotatable bonds is 5. The smallest absolute Gasteiger partial charge is 0.212 e. The summed E-state index contributed by atoms with van der Waals surface area (Å²) in [6.07, 6.45) is 8.36. The molecule has 3 saturated heterocycles. The zero-order valence-corrected chi connectivity index (χ0v) is 19.2. The van der Waals surface area contributed by atoms with E-state index in [2.05, 4.69) is 48.3 Å². The molecule has 0 aromatic carbocycles. The molecule has 5 aromatic rings. The zero-order valence-electron chi connectivity index (χ0n) is 19.2. The number of hydrogen-bond donors (Lipinski definition) is 2. The molecule has 2 N–H and O–H groups in total. The third-order valence-corrected chi connectivity index (χ3v) is 7.21. The van der Waals surface area contributed by atoms with Gasteiger partial charge in [0.05, 0.1) is 30.4 Å². The third kappa shape index (κ3) is 3.28. The first kappa shape index (κ1) is 20.2. The molecule has 2 unspecified atom stereocenters. The average Bonchev–Trinajstić information content (AvgIpc) is 3.48. The molecule has 10 nitrogen and oxygen atoms in total. The van der Waals surface area contributed by atoms with Gasteiger partial charge in [0.1, 0.15) is 11.6 Å². The van der Waals surface area contributed by atoms with Crippen LogP contribution in [0.4, 0.5) is 5.82 Å². The first-order valence-corrected chi connectivity index (χ1v) is 11.7. The minimum atomic E-state index is 0.151. The van der Waals surface area contributed by atoms with E-state index in [1.165, 1.54) is 12.0 Å². The Hall–Kier alpha value is -4.18. The summed E-state index contributed by atoms with van der Waals surface area (Å²) < 4.78 is 6.85. The maximum atomic E-state index is 10.3. The summed E-state index contributed by atoms with van der Waals surface area (Å²) in [6, 6.07) is 10.9. The molecule has 2 bridgehead atoms. The Kier molecular flexibility index (Phi) is 4.43. The fourth-order valence-corrected chi connectivity index (χ4v) is 5.47. The van der Waals surface area contributed by atoms with Gasteiger partial charge in [-0.15, -0.1) is 5.10 Å². The van der Waals surface area contributed by atoms with Crippen LogP contribution >= 0.6 is 0 Å². The number of pyridine rings is 3. The quantitative estimate of drug-likeness (QED) is 0.406. The van der Waals surface area contributed by atoms with Crippen LogP contribution in [0.5, 0.6) is 11.6 Å². The van der Waals surface area contributed by atoms with Gasteiger partial charge in [-0.3, -0.25) is 10.00 Å². The lowest BCUT2D eigenvalue weighted by atomic mass is 9.87. The second kappa shape index (κ2) is 7.67. The maximum absolute atomic E-state index is 10.3. The Morgan fingerprint density at radius 2 is 1.97 bits per heavy atom. The van der Waals surface area contributed by atoms with Crippen LogP contribution in [0.2, 0.25) is 0 Å². The summed E-state index contributed by atoms with van der Waals surface area (Å²) in [7, 11) is 1.64. The normalized spacial score (nSPS) is 19.9. The van der Waals surface area contributed by atoms with E-state index in [9.17, 15) is 5.11 Å². The largest absolute Gasteiger partial charge is 0.506 e. The highest BCUT2D eigenvalue weighted by Crippen LogP contribution is 2.37. The van der Waals surface area contributed by atoms with Crippen molar-refractivity contribution in [1.29, 1.82) is 0 Å². The molecule has 2 atom stereocenters. The molecule has 0 amide bonds. The van der Waals surface area contributed by atoms with Gasteiger partial charge >= 0.3 is 0 Å². The molecule has 3 aliphatic heterocycles. The van der Waals surface area contributed by atoms with Gasteiger partial charge in [-0.25, -0.2) is 14.5 Å². The summed E-state index contributed by atoms with van der Waals surface area (Å²) in [5.74, 6) is 1.78. The van der Waals surface area contributed by atoms with E-state index in [4.69, 9.17) is 9.72 Å². The van der Waals surface area contributed by atoms with Gasteiger partial charge in [0.15, 0.2) is 5.65 Å². The predicted octanol–water partition coefficient (Wildman–Crippen LogP) is 2.84. The molecule has 0 spiro atoms. The summed E-state index contributed by atoms with van der Waals surface area (Å²) in [5.41, 5.74) is 4.58. The number of aromatic nitrogens is 6. The van der Waals surface area contributed by atoms with Crippen molar-refractivity contribution in [2.24, 2.45) is 0 Å². The van der Waals surface area contributed by atoms with Gasteiger partial charge in [0.2, 0.25) is 5.88 Å². The predicted molar refractivity (Wildman–Crippen MR) is 130 cm³/mol. The third-order valence-electron chi connectivity index (χ3n) is 7.21. The highest BCUT2D eigenvalue weighted by molar-refractivity contribution is 6.00. The molecule has 0 radical (unpaired) electrons. The number of ether oxygens (including phenoxy) is 1. The van der Waals surface area contributed by atoms with E-state index in [1.807, 2.05) is 18.5 Å². The van der Waals surface area contributed by atoms with Gasteiger partial charge in [0.25, 0.3) is 0 Å². The van der Waals surface area contributed by atoms with E-state index < -0.39 is 0 Å². The molecule has 3 fully saturated rings. The highest BCUT2D eigenvalue weighted by atomic mass is 16.5. The molecule has 8 heterocycles. The minimum absolute atomic E-state index is 0.151. The Bertz CT molecular complexity index is 1510. The summed E-state index contributed by atoms with van der Waals surface area (Å²) in [6.45, 7) is 2.83. The van der Waals surface area contributed by atoms with Crippen molar-refractivity contribution in [3.63, 3.8) is 0 Å². The first-order valence-electron chi connectivity index (χ1n) is 11.7. The second-order valence-electron chi connectivity index (χ2n) is 9.27. The van der Waals surface area contributed by atoms with Crippen LogP contribution < -0.4 is 9.64 Å².